The van der Waals surface area contributed by atoms with Gasteiger partial charge < -0.3 is 9.84 Å². The molecule has 0 fully saturated rings. The van der Waals surface area contributed by atoms with Gasteiger partial charge in [-0.15, -0.1) is 5.10 Å². The van der Waals surface area contributed by atoms with Crippen LogP contribution in [0.3, 0.4) is 0 Å². The Bertz CT molecular complexity index is 763. The lowest BCUT2D eigenvalue weighted by atomic mass is 9.88. The maximum Gasteiger partial charge on any atom is 0.338 e. The minimum Gasteiger partial charge on any atom is -0.478 e. The van der Waals surface area contributed by atoms with Gasteiger partial charge in [-0.3, -0.25) is 4.68 Å². The highest BCUT2D eigenvalue weighted by Crippen LogP contribution is 2.27. The Labute approximate surface area is 152 Å². The van der Waals surface area contributed by atoms with Gasteiger partial charge in [-0.1, -0.05) is 46.2 Å². The van der Waals surface area contributed by atoms with Crippen LogP contribution >= 0.6 is 11.6 Å². The van der Waals surface area contributed by atoms with E-state index in [1.807, 2.05) is 26.1 Å². The van der Waals surface area contributed by atoms with Crippen LogP contribution in [0, 0.1) is 5.41 Å². The molecule has 1 N–H and O–H groups in total. The van der Waals surface area contributed by atoms with Gasteiger partial charge >= 0.3 is 5.97 Å². The summed E-state index contributed by atoms with van der Waals surface area (Å²) in [6.07, 6.45) is 1.85. The second kappa shape index (κ2) is 7.04. The number of aromatic nitrogens is 3. The van der Waals surface area contributed by atoms with E-state index in [4.69, 9.17) is 21.4 Å². The summed E-state index contributed by atoms with van der Waals surface area (Å²) >= 11 is 5.99. The van der Waals surface area contributed by atoms with Crippen molar-refractivity contribution in [2.75, 3.05) is 6.61 Å². The maximum absolute atomic E-state index is 11.1. The summed E-state index contributed by atoms with van der Waals surface area (Å²) < 4.78 is 7.49. The number of nitrogens with zero attached hydrogens (tertiary/aromatic N) is 3. The molecule has 0 spiro atoms. The molecule has 0 unspecified atom stereocenters. The van der Waals surface area contributed by atoms with Gasteiger partial charge in [-0.2, -0.15) is 0 Å². The molecule has 0 aliphatic rings. The van der Waals surface area contributed by atoms with Gasteiger partial charge in [0.15, 0.2) is 0 Å². The number of aromatic carboxylic acids is 1. The van der Waals surface area contributed by atoms with E-state index in [1.54, 1.807) is 10.7 Å². The highest BCUT2D eigenvalue weighted by molar-refractivity contribution is 6.32. The van der Waals surface area contributed by atoms with Crippen molar-refractivity contribution in [3.63, 3.8) is 0 Å². The number of carboxylic acid groups (broad SMARTS) is 1. The van der Waals surface area contributed by atoms with Gasteiger partial charge in [0, 0.05) is 23.4 Å². The van der Waals surface area contributed by atoms with Gasteiger partial charge in [0.05, 0.1) is 18.7 Å². The highest BCUT2D eigenvalue weighted by Gasteiger charge is 2.25. The number of halogens is 1. The maximum atomic E-state index is 11.1. The van der Waals surface area contributed by atoms with Crippen molar-refractivity contribution >= 4 is 17.6 Å². The fraction of sp³-hybridized carbons (Fsp3) is 0.500. The Morgan fingerprint density at radius 1 is 1.24 bits per heavy atom. The third-order valence-corrected chi connectivity index (χ3v) is 3.89. The first-order valence-corrected chi connectivity index (χ1v) is 8.42. The van der Waals surface area contributed by atoms with Gasteiger partial charge in [0.25, 0.3) is 0 Å². The summed E-state index contributed by atoms with van der Waals surface area (Å²) in [5.74, 6) is -0.507. The lowest BCUT2D eigenvalue weighted by Gasteiger charge is -2.24. The second-order valence-electron chi connectivity index (χ2n) is 7.92. The molecule has 0 saturated carbocycles. The average molecular weight is 366 g/mol. The van der Waals surface area contributed by atoms with Gasteiger partial charge in [0.1, 0.15) is 5.15 Å². The van der Waals surface area contributed by atoms with E-state index >= 15 is 0 Å². The molecule has 2 aromatic rings. The number of carbonyl (C=O) groups is 1. The molecule has 0 aromatic carbocycles. The molecule has 6 nitrogen and oxygen atoms in total. The van der Waals surface area contributed by atoms with Crippen LogP contribution in [0.1, 0.15) is 50.7 Å². The first-order valence-electron chi connectivity index (χ1n) is 8.04. The van der Waals surface area contributed by atoms with Crippen molar-refractivity contribution in [3.05, 3.63) is 40.8 Å². The standard InChI is InChI=1S/C18H24ClN3O3/c1-17(2,3)11-25-14-8-9-22(21-14)10-18(4,5)13-7-6-12(16(23)24)15(19)20-13/h6-9H,10-11H2,1-5H3,(H,23,24). The fourth-order valence-corrected chi connectivity index (χ4v) is 2.49. The van der Waals surface area contributed by atoms with Crippen molar-refractivity contribution in [1.82, 2.24) is 14.8 Å². The lowest BCUT2D eigenvalue weighted by molar-refractivity contribution is 0.0696. The van der Waals surface area contributed by atoms with E-state index in [9.17, 15) is 4.79 Å². The summed E-state index contributed by atoms with van der Waals surface area (Å²) in [6.45, 7) is 11.5. The molecule has 0 atom stereocenters. The van der Waals surface area contributed by atoms with Crippen LogP contribution in [-0.2, 0) is 12.0 Å². The third-order valence-electron chi connectivity index (χ3n) is 3.60. The molecule has 0 radical (unpaired) electrons. The van der Waals surface area contributed by atoms with Crippen LogP contribution in [0.15, 0.2) is 24.4 Å². The fourth-order valence-electron chi connectivity index (χ4n) is 2.26. The summed E-state index contributed by atoms with van der Waals surface area (Å²) in [6, 6.07) is 5.00. The number of ether oxygens (including phenoxy) is 1. The van der Waals surface area contributed by atoms with Gasteiger partial charge in [0.2, 0.25) is 5.88 Å². The van der Waals surface area contributed by atoms with E-state index in [2.05, 4.69) is 30.9 Å². The topological polar surface area (TPSA) is 77.2 Å². The van der Waals surface area contributed by atoms with Crippen molar-refractivity contribution in [1.29, 1.82) is 0 Å². The molecule has 2 rings (SSSR count). The number of hydrogen-bond donors (Lipinski definition) is 1. The summed E-state index contributed by atoms with van der Waals surface area (Å²) in [5, 5.41) is 13.5. The Hall–Kier alpha value is -2.08. The first-order chi connectivity index (χ1) is 11.5. The number of hydrogen-bond acceptors (Lipinski definition) is 4. The second-order valence-corrected chi connectivity index (χ2v) is 8.28. The van der Waals surface area contributed by atoms with Crippen LogP contribution in [0.5, 0.6) is 5.88 Å². The Morgan fingerprint density at radius 3 is 2.48 bits per heavy atom. The molecule has 0 aliphatic carbocycles. The normalized spacial score (nSPS) is 12.2. The van der Waals surface area contributed by atoms with E-state index in [0.29, 0.717) is 24.7 Å². The van der Waals surface area contributed by atoms with Crippen molar-refractivity contribution in [2.45, 2.75) is 46.6 Å². The van der Waals surface area contributed by atoms with Gasteiger partial charge in [-0.25, -0.2) is 9.78 Å². The van der Waals surface area contributed by atoms with E-state index in [-0.39, 0.29) is 21.5 Å². The molecule has 2 aromatic heterocycles. The number of carboxylic acids is 1. The quantitative estimate of drug-likeness (QED) is 0.782. The van der Waals surface area contributed by atoms with E-state index < -0.39 is 5.97 Å². The molecular weight excluding hydrogens is 342 g/mol. The molecule has 2 heterocycles. The van der Waals surface area contributed by atoms with Crippen LogP contribution in [-0.4, -0.2) is 32.4 Å². The smallest absolute Gasteiger partial charge is 0.338 e. The molecular formula is C18H24ClN3O3. The summed E-state index contributed by atoms with van der Waals surface area (Å²) in [5.41, 5.74) is 0.386. The zero-order valence-corrected chi connectivity index (χ0v) is 16.0. The summed E-state index contributed by atoms with van der Waals surface area (Å²) in [4.78, 5) is 15.3. The zero-order valence-electron chi connectivity index (χ0n) is 15.2. The Balaban J connectivity index is 2.12. The molecule has 0 amide bonds. The lowest BCUT2D eigenvalue weighted by Crippen LogP contribution is -2.26. The number of pyridine rings is 1. The SMILES string of the molecule is CC(C)(C)COc1ccn(CC(C)(C)c2ccc(C(=O)O)c(Cl)n2)n1. The molecule has 0 aliphatic heterocycles. The van der Waals surface area contributed by atoms with E-state index in [1.165, 1.54) is 6.07 Å². The minimum atomic E-state index is -1.09. The predicted octanol–water partition coefficient (Wildman–Crippen LogP) is 4.03. The summed E-state index contributed by atoms with van der Waals surface area (Å²) in [7, 11) is 0. The largest absolute Gasteiger partial charge is 0.478 e. The molecule has 136 valence electrons. The molecule has 0 saturated heterocycles. The monoisotopic (exact) mass is 365 g/mol. The van der Waals surface area contributed by atoms with Crippen LogP contribution in [0.25, 0.3) is 0 Å². The van der Waals surface area contributed by atoms with Crippen LogP contribution in [0.4, 0.5) is 0 Å². The molecule has 7 heteroatoms. The molecule has 0 bridgehead atoms. The van der Waals surface area contributed by atoms with Gasteiger partial charge in [-0.05, 0) is 17.5 Å². The molecule has 25 heavy (non-hydrogen) atoms. The van der Waals surface area contributed by atoms with Crippen LogP contribution < -0.4 is 4.74 Å². The Morgan fingerprint density at radius 2 is 1.92 bits per heavy atom. The van der Waals surface area contributed by atoms with Crippen molar-refractivity contribution in [2.24, 2.45) is 5.41 Å². The highest BCUT2D eigenvalue weighted by atomic mass is 35.5. The first kappa shape index (κ1) is 19.2. The van der Waals surface area contributed by atoms with Crippen molar-refractivity contribution in [3.8, 4) is 5.88 Å². The number of rotatable bonds is 6. The minimum absolute atomic E-state index is 0.00169. The third kappa shape index (κ3) is 5.19. The van der Waals surface area contributed by atoms with Crippen molar-refractivity contribution < 1.29 is 14.6 Å². The van der Waals surface area contributed by atoms with Crippen LogP contribution in [0.2, 0.25) is 5.15 Å². The zero-order chi connectivity index (χ0) is 18.8. The Kier molecular flexibility index (Phi) is 5.42. The van der Waals surface area contributed by atoms with E-state index in [0.717, 1.165) is 0 Å². The predicted molar refractivity (Wildman–Crippen MR) is 96.4 cm³/mol. The average Bonchev–Trinajstić information content (AvgIpc) is 2.90.